The average Bonchev–Trinajstić information content (AvgIpc) is 2.80. The second-order valence-corrected chi connectivity index (χ2v) is 5.10. The number of epoxide rings is 1. The van der Waals surface area contributed by atoms with Crippen LogP contribution < -0.4 is 5.32 Å². The zero-order valence-electron chi connectivity index (χ0n) is 10.4. The first-order chi connectivity index (χ1) is 8.01. The smallest absolute Gasteiger partial charge is 0.217 e. The summed E-state index contributed by atoms with van der Waals surface area (Å²) in [6.07, 6.45) is 6.10. The summed E-state index contributed by atoms with van der Waals surface area (Å²) in [4.78, 5) is 23.3. The van der Waals surface area contributed by atoms with Crippen molar-refractivity contribution >= 4 is 11.7 Å². The van der Waals surface area contributed by atoms with E-state index in [0.717, 1.165) is 19.3 Å². The fourth-order valence-electron chi connectivity index (χ4n) is 2.26. The molecule has 1 saturated heterocycles. The normalized spacial score (nSPS) is 28.5. The van der Waals surface area contributed by atoms with E-state index in [1.165, 1.54) is 12.5 Å². The maximum atomic E-state index is 12.2. The molecule has 4 heteroatoms. The summed E-state index contributed by atoms with van der Waals surface area (Å²) in [6, 6.07) is -0.427. The molecule has 2 rings (SSSR count). The molecule has 4 nitrogen and oxygen atoms in total. The van der Waals surface area contributed by atoms with Gasteiger partial charge in [0.1, 0.15) is 5.60 Å². The number of nitrogens with one attached hydrogen (secondary N) is 1. The molecule has 1 fully saturated rings. The molecule has 0 aromatic rings. The van der Waals surface area contributed by atoms with Gasteiger partial charge in [0.25, 0.3) is 0 Å². The van der Waals surface area contributed by atoms with Gasteiger partial charge < -0.3 is 10.1 Å². The highest BCUT2D eigenvalue weighted by molar-refractivity contribution is 5.96. The molecule has 0 saturated carbocycles. The molecule has 1 aliphatic carbocycles. The number of amides is 1. The maximum Gasteiger partial charge on any atom is 0.217 e. The Kier molecular flexibility index (Phi) is 3.33. The summed E-state index contributed by atoms with van der Waals surface area (Å²) in [5.41, 5.74) is 0.619. The minimum absolute atomic E-state index is 0.000463. The fourth-order valence-corrected chi connectivity index (χ4v) is 2.26. The van der Waals surface area contributed by atoms with E-state index in [1.54, 1.807) is 6.92 Å². The minimum Gasteiger partial charge on any atom is -0.361 e. The van der Waals surface area contributed by atoms with Gasteiger partial charge in [-0.05, 0) is 32.6 Å². The fraction of sp³-hybridized carbons (Fsp3) is 0.692. The van der Waals surface area contributed by atoms with Crippen molar-refractivity contribution in [3.63, 3.8) is 0 Å². The first kappa shape index (κ1) is 12.3. The van der Waals surface area contributed by atoms with E-state index in [1.807, 2.05) is 0 Å². The second-order valence-electron chi connectivity index (χ2n) is 5.10. The third-order valence-corrected chi connectivity index (χ3v) is 3.39. The second kappa shape index (κ2) is 4.61. The molecule has 1 N–H and O–H groups in total. The first-order valence-corrected chi connectivity index (χ1v) is 6.14. The van der Waals surface area contributed by atoms with Crippen LogP contribution in [0.25, 0.3) is 0 Å². The topological polar surface area (TPSA) is 58.7 Å². The lowest BCUT2D eigenvalue weighted by Gasteiger charge is -2.19. The monoisotopic (exact) mass is 237 g/mol. The SMILES string of the molecule is CC(=O)NC(CC1=CCCC1)C(=O)C1(C)CO1. The molecule has 17 heavy (non-hydrogen) atoms. The Bertz CT molecular complexity index is 369. The predicted molar refractivity (Wildman–Crippen MR) is 63.5 cm³/mol. The van der Waals surface area contributed by atoms with E-state index in [9.17, 15) is 9.59 Å². The molecular formula is C13H19NO3. The molecule has 2 unspecified atom stereocenters. The van der Waals surface area contributed by atoms with Gasteiger partial charge in [-0.15, -0.1) is 0 Å². The van der Waals surface area contributed by atoms with Gasteiger partial charge in [-0.1, -0.05) is 11.6 Å². The van der Waals surface area contributed by atoms with Gasteiger partial charge in [-0.2, -0.15) is 0 Å². The number of Topliss-reactive ketones (excluding diaryl/α,β-unsaturated/α-hetero) is 1. The van der Waals surface area contributed by atoms with E-state index in [2.05, 4.69) is 11.4 Å². The number of allylic oxidation sites excluding steroid dienone is 1. The van der Waals surface area contributed by atoms with Crippen LogP contribution in [0.2, 0.25) is 0 Å². The molecule has 2 atom stereocenters. The molecule has 0 aromatic heterocycles. The maximum absolute atomic E-state index is 12.2. The summed E-state index contributed by atoms with van der Waals surface area (Å²) in [5.74, 6) is -0.160. The van der Waals surface area contributed by atoms with Crippen LogP contribution in [-0.2, 0) is 14.3 Å². The lowest BCUT2D eigenvalue weighted by Crippen LogP contribution is -2.45. The van der Waals surface area contributed by atoms with Gasteiger partial charge >= 0.3 is 0 Å². The Labute approximate surface area is 101 Å². The van der Waals surface area contributed by atoms with Crippen LogP contribution in [0.15, 0.2) is 11.6 Å². The summed E-state index contributed by atoms with van der Waals surface area (Å²) in [5, 5.41) is 2.74. The summed E-state index contributed by atoms with van der Waals surface area (Å²) in [6.45, 7) is 3.70. The van der Waals surface area contributed by atoms with Crippen LogP contribution in [0.3, 0.4) is 0 Å². The van der Waals surface area contributed by atoms with Gasteiger partial charge in [0, 0.05) is 6.92 Å². The zero-order valence-corrected chi connectivity index (χ0v) is 10.4. The van der Waals surface area contributed by atoms with Crippen molar-refractivity contribution < 1.29 is 14.3 Å². The minimum atomic E-state index is -0.660. The highest BCUT2D eigenvalue weighted by Crippen LogP contribution is 2.31. The molecule has 1 aliphatic heterocycles. The number of rotatable bonds is 5. The third kappa shape index (κ3) is 2.94. The van der Waals surface area contributed by atoms with E-state index in [4.69, 9.17) is 4.74 Å². The lowest BCUT2D eigenvalue weighted by molar-refractivity contribution is -0.129. The molecule has 0 spiro atoms. The Balaban J connectivity index is 2.01. The number of ketones is 1. The van der Waals surface area contributed by atoms with Crippen LogP contribution in [-0.4, -0.2) is 29.9 Å². The highest BCUT2D eigenvalue weighted by Gasteiger charge is 2.49. The highest BCUT2D eigenvalue weighted by atomic mass is 16.6. The van der Waals surface area contributed by atoms with E-state index < -0.39 is 11.6 Å². The summed E-state index contributed by atoms with van der Waals surface area (Å²) in [7, 11) is 0. The number of carbonyl (C=O) groups is 2. The number of hydrogen-bond acceptors (Lipinski definition) is 3. The summed E-state index contributed by atoms with van der Waals surface area (Å²) < 4.78 is 5.16. The number of hydrogen-bond donors (Lipinski definition) is 1. The van der Waals surface area contributed by atoms with Crippen LogP contribution >= 0.6 is 0 Å². The molecule has 2 aliphatic rings. The molecule has 0 radical (unpaired) electrons. The van der Waals surface area contributed by atoms with Crippen LogP contribution in [0.4, 0.5) is 0 Å². The molecule has 0 aromatic carbocycles. The molecular weight excluding hydrogens is 218 g/mol. The van der Waals surface area contributed by atoms with Gasteiger partial charge in [0.2, 0.25) is 5.91 Å². The van der Waals surface area contributed by atoms with Gasteiger partial charge in [0.15, 0.2) is 5.78 Å². The molecule has 1 heterocycles. The van der Waals surface area contributed by atoms with Crippen LogP contribution in [0, 0.1) is 0 Å². The quantitative estimate of drug-likeness (QED) is 0.580. The molecule has 94 valence electrons. The zero-order chi connectivity index (χ0) is 12.5. The van der Waals surface area contributed by atoms with Gasteiger partial charge in [0.05, 0.1) is 12.6 Å². The van der Waals surface area contributed by atoms with E-state index in [0.29, 0.717) is 13.0 Å². The van der Waals surface area contributed by atoms with Gasteiger partial charge in [-0.3, -0.25) is 9.59 Å². The third-order valence-electron chi connectivity index (χ3n) is 3.39. The largest absolute Gasteiger partial charge is 0.361 e. The van der Waals surface area contributed by atoms with E-state index in [-0.39, 0.29) is 11.7 Å². The molecule has 0 bridgehead atoms. The van der Waals surface area contributed by atoms with Crippen molar-refractivity contribution in [2.75, 3.05) is 6.61 Å². The first-order valence-electron chi connectivity index (χ1n) is 6.14. The van der Waals surface area contributed by atoms with E-state index >= 15 is 0 Å². The predicted octanol–water partition coefficient (Wildman–Crippen LogP) is 1.35. The van der Waals surface area contributed by atoms with Crippen LogP contribution in [0.5, 0.6) is 0 Å². The van der Waals surface area contributed by atoms with Crippen molar-refractivity contribution in [1.29, 1.82) is 0 Å². The lowest BCUT2D eigenvalue weighted by atomic mass is 9.94. The van der Waals surface area contributed by atoms with Crippen molar-refractivity contribution in [2.24, 2.45) is 0 Å². The summed E-state index contributed by atoms with van der Waals surface area (Å²) >= 11 is 0. The van der Waals surface area contributed by atoms with Crippen molar-refractivity contribution in [3.8, 4) is 0 Å². The molecule has 1 amide bonds. The van der Waals surface area contributed by atoms with Crippen molar-refractivity contribution in [2.45, 2.75) is 51.2 Å². The Morgan fingerprint density at radius 1 is 1.59 bits per heavy atom. The Hall–Kier alpha value is -1.16. The standard InChI is InChI=1S/C13H19NO3/c1-9(15)14-11(7-10-5-3-4-6-10)12(16)13(2)8-17-13/h5,11H,3-4,6-8H2,1-2H3,(H,14,15). The Morgan fingerprint density at radius 2 is 2.29 bits per heavy atom. The van der Waals surface area contributed by atoms with Crippen molar-refractivity contribution in [1.82, 2.24) is 5.32 Å². The number of carbonyl (C=O) groups excluding carboxylic acids is 2. The average molecular weight is 237 g/mol. The van der Waals surface area contributed by atoms with Crippen molar-refractivity contribution in [3.05, 3.63) is 11.6 Å². The number of ether oxygens (including phenoxy) is 1. The van der Waals surface area contributed by atoms with Crippen LogP contribution in [0.1, 0.15) is 39.5 Å². The Morgan fingerprint density at radius 3 is 2.76 bits per heavy atom. The van der Waals surface area contributed by atoms with Gasteiger partial charge in [-0.25, -0.2) is 0 Å².